The van der Waals surface area contributed by atoms with Crippen LogP contribution >= 0.6 is 0 Å². The van der Waals surface area contributed by atoms with Crippen molar-refractivity contribution in [2.45, 2.75) is 69.2 Å². The van der Waals surface area contributed by atoms with Crippen molar-refractivity contribution in [2.75, 3.05) is 36.4 Å². The van der Waals surface area contributed by atoms with Gasteiger partial charge in [0.2, 0.25) is 17.8 Å². The van der Waals surface area contributed by atoms with Crippen LogP contribution in [0.1, 0.15) is 77.1 Å². The second kappa shape index (κ2) is 14.5. The number of carbonyl (C=O) groups is 3. The minimum Gasteiger partial charge on any atom is -0.385 e. The van der Waals surface area contributed by atoms with Gasteiger partial charge in [0, 0.05) is 80.9 Å². The van der Waals surface area contributed by atoms with E-state index in [1.54, 1.807) is 23.4 Å². The maximum atomic E-state index is 13.1. The summed E-state index contributed by atoms with van der Waals surface area (Å²) in [7, 11) is 0. The number of nitrogens with one attached hydrogen (secondary N) is 2. The lowest BCUT2D eigenvalue weighted by atomic mass is 9.83. The van der Waals surface area contributed by atoms with E-state index in [0.717, 1.165) is 62.1 Å². The molecule has 9 rings (SSSR count). The van der Waals surface area contributed by atoms with Crippen LogP contribution < -0.4 is 15.5 Å². The number of piperidine rings is 3. The number of anilines is 3. The molecule has 4 aliphatic heterocycles. The summed E-state index contributed by atoms with van der Waals surface area (Å²) in [5.74, 6) is 0.720. The Bertz CT molecular complexity index is 2250. The molecule has 0 bridgehead atoms. The number of benzene rings is 2. The van der Waals surface area contributed by atoms with Crippen molar-refractivity contribution in [1.29, 1.82) is 0 Å². The van der Waals surface area contributed by atoms with Crippen LogP contribution in [0.5, 0.6) is 0 Å². The highest BCUT2D eigenvalue weighted by atomic mass is 16.3. The molecule has 3 N–H and O–H groups in total. The number of amides is 3. The van der Waals surface area contributed by atoms with Gasteiger partial charge in [0.05, 0.1) is 5.60 Å². The molecule has 3 fully saturated rings. The summed E-state index contributed by atoms with van der Waals surface area (Å²) in [6.07, 6.45) is 9.30. The molecule has 3 amide bonds. The molecule has 1 atom stereocenters. The largest absolute Gasteiger partial charge is 0.385 e. The number of aliphatic hydroxyl groups is 1. The summed E-state index contributed by atoms with van der Waals surface area (Å²) in [6, 6.07) is 21.8. The van der Waals surface area contributed by atoms with Gasteiger partial charge in [-0.05, 0) is 96.7 Å². The molecule has 280 valence electrons. The second-order valence-electron chi connectivity index (χ2n) is 15.2. The van der Waals surface area contributed by atoms with Gasteiger partial charge in [0.1, 0.15) is 11.9 Å². The van der Waals surface area contributed by atoms with Crippen LogP contribution in [-0.2, 0) is 28.3 Å². The fourth-order valence-electron chi connectivity index (χ4n) is 8.53. The quantitative estimate of drug-likeness (QED) is 0.188. The van der Waals surface area contributed by atoms with Gasteiger partial charge in [-0.3, -0.25) is 24.6 Å². The zero-order valence-electron chi connectivity index (χ0n) is 30.5. The highest BCUT2D eigenvalue weighted by Gasteiger charge is 2.41. The van der Waals surface area contributed by atoms with Crippen LogP contribution in [0.4, 0.5) is 17.5 Å². The Kier molecular flexibility index (Phi) is 9.19. The number of hydrogen-bond donors (Lipinski definition) is 3. The summed E-state index contributed by atoms with van der Waals surface area (Å²) in [6.45, 7) is 4.60. The Labute approximate surface area is 318 Å². The van der Waals surface area contributed by atoms with Crippen LogP contribution in [0, 0.1) is 0 Å². The van der Waals surface area contributed by atoms with Crippen molar-refractivity contribution >= 4 is 46.2 Å². The van der Waals surface area contributed by atoms with Gasteiger partial charge in [-0.15, -0.1) is 0 Å². The first-order valence-corrected chi connectivity index (χ1v) is 19.2. The lowest BCUT2D eigenvalue weighted by Crippen LogP contribution is -2.52. The van der Waals surface area contributed by atoms with E-state index in [4.69, 9.17) is 0 Å². The molecule has 3 aromatic heterocycles. The molecular formula is C42H43N9O4. The molecule has 7 heterocycles. The standard InChI is InChI=1S/C42H43N9O4/c52-37-12-10-35(39(53)47-37)51-26-31-22-32(6-9-34(31)40(51)54)42(55)15-20-49(21-16-42)25-27-3-7-33(8-4-27)50-18-13-28(14-19-50)29-5-11-36(44-23-29)46-41-45-24-30-2-1-17-43-38(30)48-41/h1-9,11,17,22-24,28,35,55H,10,12-16,18-21,25-26H2,(H,47,52,53)(H,43,44,45,46,48). The third kappa shape index (κ3) is 7.12. The van der Waals surface area contributed by atoms with E-state index in [2.05, 4.69) is 70.7 Å². The number of hydrogen-bond acceptors (Lipinski definition) is 11. The van der Waals surface area contributed by atoms with Crippen molar-refractivity contribution in [3.8, 4) is 0 Å². The lowest BCUT2D eigenvalue weighted by Gasteiger charge is -2.39. The molecule has 0 radical (unpaired) electrons. The molecule has 0 aliphatic carbocycles. The molecule has 0 saturated carbocycles. The first kappa shape index (κ1) is 34.9. The van der Waals surface area contributed by atoms with Crippen molar-refractivity contribution in [3.05, 3.63) is 113 Å². The van der Waals surface area contributed by atoms with E-state index in [1.165, 1.54) is 16.8 Å². The number of rotatable bonds is 8. The molecule has 0 spiro atoms. The van der Waals surface area contributed by atoms with Gasteiger partial charge in [-0.2, -0.15) is 4.98 Å². The number of likely N-dealkylation sites (tertiary alicyclic amines) is 1. The fourth-order valence-corrected chi connectivity index (χ4v) is 8.53. The second-order valence-corrected chi connectivity index (χ2v) is 15.2. The third-order valence-corrected chi connectivity index (χ3v) is 11.8. The lowest BCUT2D eigenvalue weighted by molar-refractivity contribution is -0.136. The van der Waals surface area contributed by atoms with Crippen LogP contribution in [0.2, 0.25) is 0 Å². The maximum Gasteiger partial charge on any atom is 0.255 e. The Morgan fingerprint density at radius 2 is 1.69 bits per heavy atom. The topological polar surface area (TPSA) is 157 Å². The summed E-state index contributed by atoms with van der Waals surface area (Å²) in [4.78, 5) is 61.4. The molecule has 2 aromatic carbocycles. The van der Waals surface area contributed by atoms with E-state index in [9.17, 15) is 19.5 Å². The van der Waals surface area contributed by atoms with Crippen molar-refractivity contribution in [1.82, 2.24) is 35.1 Å². The first-order chi connectivity index (χ1) is 26.8. The average molecular weight is 738 g/mol. The zero-order valence-corrected chi connectivity index (χ0v) is 30.5. The van der Waals surface area contributed by atoms with Crippen LogP contribution in [0.25, 0.3) is 11.0 Å². The van der Waals surface area contributed by atoms with E-state index in [0.29, 0.717) is 54.7 Å². The fraction of sp³-hybridized carbons (Fsp3) is 0.357. The van der Waals surface area contributed by atoms with E-state index < -0.39 is 17.6 Å². The summed E-state index contributed by atoms with van der Waals surface area (Å²) in [5, 5.41) is 18.2. The molecule has 13 nitrogen and oxygen atoms in total. The zero-order chi connectivity index (χ0) is 37.5. The predicted molar refractivity (Wildman–Crippen MR) is 206 cm³/mol. The minimum absolute atomic E-state index is 0.200. The van der Waals surface area contributed by atoms with E-state index in [1.807, 2.05) is 36.5 Å². The Morgan fingerprint density at radius 1 is 0.873 bits per heavy atom. The molecular weight excluding hydrogens is 695 g/mol. The number of fused-ring (bicyclic) bond motifs is 2. The molecule has 5 aromatic rings. The van der Waals surface area contributed by atoms with Gasteiger partial charge in [-0.1, -0.05) is 30.3 Å². The van der Waals surface area contributed by atoms with Crippen LogP contribution in [-0.4, -0.2) is 84.8 Å². The number of imide groups is 1. The monoisotopic (exact) mass is 737 g/mol. The smallest absolute Gasteiger partial charge is 0.255 e. The average Bonchev–Trinajstić information content (AvgIpc) is 3.54. The van der Waals surface area contributed by atoms with Gasteiger partial charge < -0.3 is 20.2 Å². The number of carbonyl (C=O) groups excluding carboxylic acids is 3. The number of aromatic nitrogens is 4. The molecule has 55 heavy (non-hydrogen) atoms. The van der Waals surface area contributed by atoms with Crippen LogP contribution in [0.15, 0.2) is 85.3 Å². The van der Waals surface area contributed by atoms with E-state index >= 15 is 0 Å². The Hall–Kier alpha value is -5.79. The summed E-state index contributed by atoms with van der Waals surface area (Å²) in [5.41, 5.74) is 5.59. The highest BCUT2D eigenvalue weighted by molar-refractivity contribution is 6.05. The molecule has 1 unspecified atom stereocenters. The number of pyridine rings is 2. The highest BCUT2D eigenvalue weighted by Crippen LogP contribution is 2.37. The van der Waals surface area contributed by atoms with Crippen molar-refractivity contribution in [2.24, 2.45) is 0 Å². The molecule has 4 aliphatic rings. The van der Waals surface area contributed by atoms with Crippen LogP contribution in [0.3, 0.4) is 0 Å². The Morgan fingerprint density at radius 3 is 2.45 bits per heavy atom. The normalized spacial score (nSPS) is 20.5. The summed E-state index contributed by atoms with van der Waals surface area (Å²) >= 11 is 0. The van der Waals surface area contributed by atoms with Gasteiger partial charge in [0.25, 0.3) is 5.91 Å². The minimum atomic E-state index is -0.980. The predicted octanol–water partition coefficient (Wildman–Crippen LogP) is 4.79. The molecule has 3 saturated heterocycles. The van der Waals surface area contributed by atoms with Crippen molar-refractivity contribution < 1.29 is 19.5 Å². The Balaban J connectivity index is 0.747. The van der Waals surface area contributed by atoms with Gasteiger partial charge in [-0.25, -0.2) is 15.0 Å². The maximum absolute atomic E-state index is 13.1. The SMILES string of the molecule is O=C1CCC(N2Cc3cc(C4(O)CCN(Cc5ccc(N6CCC(c7ccc(Nc8ncc9cccnc9n8)nc7)CC6)cc5)CC4)ccc3C2=O)C(=O)N1. The molecule has 13 heteroatoms. The number of nitrogens with zero attached hydrogens (tertiary/aromatic N) is 7. The van der Waals surface area contributed by atoms with Gasteiger partial charge in [0.15, 0.2) is 5.65 Å². The van der Waals surface area contributed by atoms with Gasteiger partial charge >= 0.3 is 0 Å². The third-order valence-electron chi connectivity index (χ3n) is 11.8. The van der Waals surface area contributed by atoms with E-state index in [-0.39, 0.29) is 18.2 Å². The first-order valence-electron chi connectivity index (χ1n) is 19.2. The van der Waals surface area contributed by atoms with Crippen molar-refractivity contribution in [3.63, 3.8) is 0 Å². The summed E-state index contributed by atoms with van der Waals surface area (Å²) < 4.78 is 0.